The van der Waals surface area contributed by atoms with Crippen molar-refractivity contribution < 1.29 is 31.8 Å². The number of nitrogens with one attached hydrogen (secondary N) is 1. The highest BCUT2D eigenvalue weighted by Crippen LogP contribution is 2.26. The molecule has 1 aromatic heterocycles. The van der Waals surface area contributed by atoms with Gasteiger partial charge in [0.2, 0.25) is 11.9 Å². The van der Waals surface area contributed by atoms with Crippen LogP contribution < -0.4 is 20.2 Å². The molecule has 3 saturated heterocycles. The average Bonchev–Trinajstić information content (AvgIpc) is 3.17. The molecular formula is C34H45N9O7S. The van der Waals surface area contributed by atoms with Crippen LogP contribution in [0.4, 0.5) is 28.1 Å². The molecule has 0 radical (unpaired) electrons. The Morgan fingerprint density at radius 3 is 1.88 bits per heavy atom. The van der Waals surface area contributed by atoms with Crippen LogP contribution in [0.2, 0.25) is 0 Å². The highest BCUT2D eigenvalue weighted by Gasteiger charge is 2.27. The summed E-state index contributed by atoms with van der Waals surface area (Å²) >= 11 is 0. The molecule has 4 heterocycles. The molecule has 0 bridgehead atoms. The molecule has 0 spiro atoms. The SMILES string of the molecule is CCS(=O)(=O)ON(C(=O)Nc1ccc(-c2nc(N3CCOCC3)nc(N3CCOCC3)n2)cc1)c1ccc(C(=O)N2CCC(N(C)C)CC2)cc1. The van der Waals surface area contributed by atoms with Gasteiger partial charge in [-0.3, -0.25) is 4.79 Å². The number of urea groups is 1. The van der Waals surface area contributed by atoms with E-state index in [0.29, 0.717) is 111 Å². The molecule has 6 rings (SSSR count). The molecular weight excluding hydrogens is 678 g/mol. The van der Waals surface area contributed by atoms with Crippen molar-refractivity contribution in [2.24, 2.45) is 0 Å². The molecule has 17 heteroatoms. The number of hydroxylamine groups is 1. The molecule has 3 aliphatic heterocycles. The predicted molar refractivity (Wildman–Crippen MR) is 192 cm³/mol. The molecule has 0 unspecified atom stereocenters. The van der Waals surface area contributed by atoms with Gasteiger partial charge in [-0.05, 0) is 82.4 Å². The van der Waals surface area contributed by atoms with Crippen LogP contribution in [-0.2, 0) is 23.9 Å². The van der Waals surface area contributed by atoms with E-state index in [4.69, 9.17) is 28.7 Å². The van der Waals surface area contributed by atoms with E-state index < -0.39 is 16.1 Å². The Balaban J connectivity index is 1.18. The fourth-order valence-electron chi connectivity index (χ4n) is 6.04. The molecule has 51 heavy (non-hydrogen) atoms. The Hall–Kier alpha value is -4.42. The number of rotatable bonds is 10. The Kier molecular flexibility index (Phi) is 11.6. The number of anilines is 4. The number of carbonyl (C=O) groups excluding carboxylic acids is 2. The molecule has 3 aromatic rings. The summed E-state index contributed by atoms with van der Waals surface area (Å²) in [5.74, 6) is 1.13. The van der Waals surface area contributed by atoms with Crippen molar-refractivity contribution in [2.75, 3.05) is 106 Å². The monoisotopic (exact) mass is 723 g/mol. The number of ether oxygens (including phenoxy) is 2. The third-order valence-electron chi connectivity index (χ3n) is 9.15. The first kappa shape index (κ1) is 36.4. The summed E-state index contributed by atoms with van der Waals surface area (Å²) < 4.78 is 41.3. The number of nitrogens with zero attached hydrogens (tertiary/aromatic N) is 8. The van der Waals surface area contributed by atoms with E-state index in [9.17, 15) is 18.0 Å². The van der Waals surface area contributed by atoms with Gasteiger partial charge in [0.1, 0.15) is 0 Å². The number of hydrogen-bond acceptors (Lipinski definition) is 13. The van der Waals surface area contributed by atoms with Crippen molar-refractivity contribution in [3.63, 3.8) is 0 Å². The number of aromatic nitrogens is 3. The topological polar surface area (TPSA) is 163 Å². The average molecular weight is 724 g/mol. The Labute approximate surface area is 298 Å². The molecule has 1 N–H and O–H groups in total. The highest BCUT2D eigenvalue weighted by molar-refractivity contribution is 7.86. The molecule has 274 valence electrons. The summed E-state index contributed by atoms with van der Waals surface area (Å²) in [7, 11) is -0.00619. The molecule has 0 aliphatic carbocycles. The smallest absolute Gasteiger partial charge is 0.351 e. The summed E-state index contributed by atoms with van der Waals surface area (Å²) in [5.41, 5.74) is 1.66. The fourth-order valence-corrected chi connectivity index (χ4v) is 6.52. The lowest BCUT2D eigenvalue weighted by atomic mass is 10.0. The zero-order valence-corrected chi connectivity index (χ0v) is 30.0. The largest absolute Gasteiger partial charge is 0.378 e. The predicted octanol–water partition coefficient (Wildman–Crippen LogP) is 2.70. The molecule has 16 nitrogen and oxygen atoms in total. The maximum Gasteiger partial charge on any atom is 0.351 e. The van der Waals surface area contributed by atoms with Gasteiger partial charge in [-0.25, -0.2) is 4.79 Å². The number of morpholine rings is 2. The second kappa shape index (κ2) is 16.3. The van der Waals surface area contributed by atoms with Gasteiger partial charge in [0, 0.05) is 62.1 Å². The number of hydrogen-bond donors (Lipinski definition) is 1. The standard InChI is InChI=1S/C34H45N9O7S/c1-4-51(46,47)50-43(29-11-7-26(8-12-29)31(44)40-15-13-28(14-16-40)39(2)3)34(45)35-27-9-5-25(6-10-27)30-36-32(41-17-21-48-22-18-41)38-33(37-30)42-19-23-49-24-20-42/h5-12,28H,4,13-24H2,1-3H3,(H,35,45). The zero-order valence-electron chi connectivity index (χ0n) is 29.2. The van der Waals surface area contributed by atoms with Crippen molar-refractivity contribution in [1.29, 1.82) is 0 Å². The Morgan fingerprint density at radius 2 is 1.37 bits per heavy atom. The van der Waals surface area contributed by atoms with Gasteiger partial charge in [-0.2, -0.15) is 28.4 Å². The van der Waals surface area contributed by atoms with E-state index in [-0.39, 0.29) is 17.3 Å². The second-order valence-electron chi connectivity index (χ2n) is 12.7. The summed E-state index contributed by atoms with van der Waals surface area (Å²) in [6.07, 6.45) is 1.77. The summed E-state index contributed by atoms with van der Waals surface area (Å²) in [4.78, 5) is 49.2. The van der Waals surface area contributed by atoms with Crippen molar-refractivity contribution in [2.45, 2.75) is 25.8 Å². The van der Waals surface area contributed by atoms with Crippen LogP contribution in [0.3, 0.4) is 0 Å². The summed E-state index contributed by atoms with van der Waals surface area (Å²) in [6.45, 7) is 7.71. The van der Waals surface area contributed by atoms with E-state index >= 15 is 0 Å². The zero-order chi connectivity index (χ0) is 36.0. The maximum absolute atomic E-state index is 13.5. The first-order chi connectivity index (χ1) is 24.6. The Bertz CT molecular complexity index is 1720. The van der Waals surface area contributed by atoms with Crippen LogP contribution >= 0.6 is 0 Å². The van der Waals surface area contributed by atoms with E-state index in [1.165, 1.54) is 19.1 Å². The van der Waals surface area contributed by atoms with Gasteiger partial charge in [0.25, 0.3) is 16.0 Å². The minimum Gasteiger partial charge on any atom is -0.378 e. The van der Waals surface area contributed by atoms with Gasteiger partial charge in [-0.15, -0.1) is 4.28 Å². The van der Waals surface area contributed by atoms with Crippen molar-refractivity contribution >= 4 is 45.3 Å². The fraction of sp³-hybridized carbons (Fsp3) is 0.500. The van der Waals surface area contributed by atoms with Gasteiger partial charge >= 0.3 is 6.03 Å². The van der Waals surface area contributed by atoms with Crippen molar-refractivity contribution in [1.82, 2.24) is 24.8 Å². The quantitative estimate of drug-likeness (QED) is 0.304. The third-order valence-corrected chi connectivity index (χ3v) is 10.2. The van der Waals surface area contributed by atoms with E-state index in [0.717, 1.165) is 12.8 Å². The van der Waals surface area contributed by atoms with Gasteiger partial charge in [-0.1, -0.05) is 0 Å². The van der Waals surface area contributed by atoms with E-state index in [1.54, 1.807) is 36.4 Å². The molecule has 0 atom stereocenters. The summed E-state index contributed by atoms with van der Waals surface area (Å²) in [6, 6.07) is 12.6. The van der Waals surface area contributed by atoms with Crippen LogP contribution in [-0.4, -0.2) is 137 Å². The first-order valence-electron chi connectivity index (χ1n) is 17.2. The lowest BCUT2D eigenvalue weighted by molar-refractivity contribution is 0.0663. The number of likely N-dealkylation sites (tertiary alicyclic amines) is 1. The van der Waals surface area contributed by atoms with Crippen molar-refractivity contribution in [3.8, 4) is 11.4 Å². The number of piperidine rings is 1. The third kappa shape index (κ3) is 9.09. The van der Waals surface area contributed by atoms with Crippen LogP contribution in [0.15, 0.2) is 48.5 Å². The molecule has 2 aromatic carbocycles. The van der Waals surface area contributed by atoms with Gasteiger partial charge in [0.15, 0.2) is 5.82 Å². The van der Waals surface area contributed by atoms with E-state index in [2.05, 4.69) is 20.0 Å². The molecule has 0 saturated carbocycles. The first-order valence-corrected chi connectivity index (χ1v) is 18.8. The normalized spacial score (nSPS) is 17.5. The van der Waals surface area contributed by atoms with Crippen LogP contribution in [0.5, 0.6) is 0 Å². The summed E-state index contributed by atoms with van der Waals surface area (Å²) in [5, 5.41) is 3.39. The van der Waals surface area contributed by atoms with Crippen LogP contribution in [0.25, 0.3) is 11.4 Å². The van der Waals surface area contributed by atoms with E-state index in [1.807, 2.05) is 19.0 Å². The van der Waals surface area contributed by atoms with Crippen LogP contribution in [0, 0.1) is 0 Å². The lowest BCUT2D eigenvalue weighted by Crippen LogP contribution is -2.44. The van der Waals surface area contributed by atoms with Gasteiger partial charge < -0.3 is 34.4 Å². The highest BCUT2D eigenvalue weighted by atomic mass is 32.2. The molecule has 3 amide bonds. The minimum atomic E-state index is -4.09. The molecule has 3 aliphatic rings. The second-order valence-corrected chi connectivity index (χ2v) is 14.6. The number of amides is 3. The van der Waals surface area contributed by atoms with Crippen LogP contribution in [0.1, 0.15) is 30.1 Å². The lowest BCUT2D eigenvalue weighted by Gasteiger charge is -2.35. The number of carbonyl (C=O) groups is 2. The Morgan fingerprint density at radius 1 is 0.824 bits per heavy atom. The van der Waals surface area contributed by atoms with Crippen molar-refractivity contribution in [3.05, 3.63) is 54.1 Å². The maximum atomic E-state index is 13.5. The molecule has 3 fully saturated rings. The number of benzene rings is 2. The van der Waals surface area contributed by atoms with Gasteiger partial charge in [0.05, 0.1) is 37.9 Å². The minimum absolute atomic E-state index is 0.121.